The van der Waals surface area contributed by atoms with Gasteiger partial charge in [0.05, 0.1) is 13.8 Å². The van der Waals surface area contributed by atoms with Gasteiger partial charge in [-0.2, -0.15) is 0 Å². The maximum atomic E-state index is 5.98. The summed E-state index contributed by atoms with van der Waals surface area (Å²) >= 11 is 0. The van der Waals surface area contributed by atoms with Crippen molar-refractivity contribution < 1.29 is 4.74 Å². The average Bonchev–Trinajstić information content (AvgIpc) is 2.46. The molecular formula is C19H22OSi. The quantitative estimate of drug-likeness (QED) is 0.454. The zero-order valence-electron chi connectivity index (χ0n) is 13.2. The number of methoxy groups -OCH3 is 1. The zero-order valence-corrected chi connectivity index (χ0v) is 14.2. The van der Waals surface area contributed by atoms with Gasteiger partial charge in [-0.1, -0.05) is 68.2 Å². The molecule has 0 radical (unpaired) electrons. The molecule has 108 valence electrons. The minimum atomic E-state index is -1.48. The maximum Gasteiger partial charge on any atom is 0.0842 e. The van der Waals surface area contributed by atoms with Crippen LogP contribution in [0.4, 0.5) is 0 Å². The Morgan fingerprint density at radius 2 is 1.29 bits per heavy atom. The highest BCUT2D eigenvalue weighted by Crippen LogP contribution is 2.38. The van der Waals surface area contributed by atoms with Crippen LogP contribution in [-0.2, 0) is 4.74 Å². The molecule has 1 unspecified atom stereocenters. The smallest absolute Gasteiger partial charge is 0.0842 e. The largest absolute Gasteiger partial charge is 0.380 e. The van der Waals surface area contributed by atoms with Crippen LogP contribution < -0.4 is 0 Å². The van der Waals surface area contributed by atoms with Gasteiger partial charge >= 0.3 is 0 Å². The Morgan fingerprint density at radius 1 is 0.810 bits per heavy atom. The van der Waals surface area contributed by atoms with E-state index in [0.29, 0.717) is 0 Å². The second kappa shape index (κ2) is 5.28. The average molecular weight is 294 g/mol. The van der Waals surface area contributed by atoms with Crippen LogP contribution in [-0.4, -0.2) is 15.2 Å². The van der Waals surface area contributed by atoms with Crippen LogP contribution in [0.1, 0.15) is 11.3 Å². The summed E-state index contributed by atoms with van der Waals surface area (Å²) in [6.45, 7) is 7.12. The van der Waals surface area contributed by atoms with Gasteiger partial charge in [-0.05, 0) is 33.2 Å². The normalized spacial score (nSPS) is 13.7. The molecule has 2 heteroatoms. The van der Waals surface area contributed by atoms with E-state index in [0.717, 1.165) is 0 Å². The third-order valence-corrected chi connectivity index (χ3v) is 6.19. The second-order valence-corrected chi connectivity index (χ2v) is 12.0. The second-order valence-electron chi connectivity index (χ2n) is 6.71. The van der Waals surface area contributed by atoms with Crippen LogP contribution in [0.2, 0.25) is 19.6 Å². The van der Waals surface area contributed by atoms with Crippen molar-refractivity contribution in [1.82, 2.24) is 0 Å². The molecule has 0 saturated heterocycles. The molecule has 3 aromatic rings. The molecule has 0 fully saturated rings. The van der Waals surface area contributed by atoms with Crippen LogP contribution in [0.5, 0.6) is 0 Å². The summed E-state index contributed by atoms with van der Waals surface area (Å²) in [5.41, 5.74) is 1.57. The van der Waals surface area contributed by atoms with Crippen molar-refractivity contribution in [1.29, 1.82) is 0 Å². The Balaban J connectivity index is 2.45. The molecule has 3 aromatic carbocycles. The predicted octanol–water partition coefficient (Wildman–Crippen LogP) is 5.56. The lowest BCUT2D eigenvalue weighted by Gasteiger charge is -2.30. The highest BCUT2D eigenvalue weighted by molar-refractivity contribution is 6.77. The highest BCUT2D eigenvalue weighted by Gasteiger charge is 2.30. The Labute approximate surface area is 127 Å². The van der Waals surface area contributed by atoms with Gasteiger partial charge < -0.3 is 4.74 Å². The summed E-state index contributed by atoms with van der Waals surface area (Å²) in [6, 6.07) is 19.6. The van der Waals surface area contributed by atoms with Gasteiger partial charge in [-0.3, -0.25) is 0 Å². The van der Waals surface area contributed by atoms with Crippen molar-refractivity contribution in [3.8, 4) is 0 Å². The van der Waals surface area contributed by atoms with E-state index in [1.165, 1.54) is 27.1 Å². The van der Waals surface area contributed by atoms with E-state index < -0.39 is 8.07 Å². The molecule has 1 nitrogen and oxygen atoms in total. The maximum absolute atomic E-state index is 5.98. The summed E-state index contributed by atoms with van der Waals surface area (Å²) < 4.78 is 5.98. The molecule has 1 atom stereocenters. The third kappa shape index (κ3) is 2.50. The van der Waals surface area contributed by atoms with E-state index in [-0.39, 0.29) is 5.73 Å². The van der Waals surface area contributed by atoms with Crippen molar-refractivity contribution >= 4 is 29.6 Å². The van der Waals surface area contributed by atoms with E-state index in [2.05, 4.69) is 74.2 Å². The number of rotatable bonds is 3. The molecule has 0 aliphatic rings. The SMILES string of the molecule is COC(c1c2ccccc2cc2ccccc12)[Si](C)(C)C. The van der Waals surface area contributed by atoms with Crippen molar-refractivity contribution in [3.63, 3.8) is 0 Å². The minimum Gasteiger partial charge on any atom is -0.380 e. The lowest BCUT2D eigenvalue weighted by Crippen LogP contribution is -2.32. The molecule has 0 heterocycles. The Morgan fingerprint density at radius 3 is 1.71 bits per heavy atom. The van der Waals surface area contributed by atoms with Crippen molar-refractivity contribution in [2.45, 2.75) is 25.4 Å². The van der Waals surface area contributed by atoms with Crippen molar-refractivity contribution in [3.05, 3.63) is 60.2 Å². The molecule has 21 heavy (non-hydrogen) atoms. The van der Waals surface area contributed by atoms with Gasteiger partial charge in [-0.15, -0.1) is 0 Å². The molecular weight excluding hydrogens is 272 g/mol. The first-order valence-electron chi connectivity index (χ1n) is 7.45. The van der Waals surface area contributed by atoms with Crippen LogP contribution in [0, 0.1) is 0 Å². The molecule has 0 N–H and O–H groups in total. The summed E-state index contributed by atoms with van der Waals surface area (Å²) in [5.74, 6) is 0. The van der Waals surface area contributed by atoms with E-state index in [9.17, 15) is 0 Å². The van der Waals surface area contributed by atoms with Crippen LogP contribution in [0.25, 0.3) is 21.5 Å². The van der Waals surface area contributed by atoms with Gasteiger partial charge in [-0.25, -0.2) is 0 Å². The first kappa shape index (κ1) is 14.3. The Kier molecular flexibility index (Phi) is 3.60. The fraction of sp³-hybridized carbons (Fsp3) is 0.263. The molecule has 0 bridgehead atoms. The first-order valence-corrected chi connectivity index (χ1v) is 11.0. The van der Waals surface area contributed by atoms with Gasteiger partial charge in [0.2, 0.25) is 0 Å². The highest BCUT2D eigenvalue weighted by atomic mass is 28.3. The monoisotopic (exact) mass is 294 g/mol. The van der Waals surface area contributed by atoms with E-state index in [1.54, 1.807) is 0 Å². The molecule has 0 saturated carbocycles. The van der Waals surface area contributed by atoms with Crippen LogP contribution in [0.15, 0.2) is 54.6 Å². The number of benzene rings is 3. The van der Waals surface area contributed by atoms with Crippen LogP contribution in [0.3, 0.4) is 0 Å². The summed E-state index contributed by atoms with van der Waals surface area (Å²) in [4.78, 5) is 0. The summed E-state index contributed by atoms with van der Waals surface area (Å²) in [7, 11) is 0.363. The lowest BCUT2D eigenvalue weighted by molar-refractivity contribution is 0.162. The van der Waals surface area contributed by atoms with Gasteiger partial charge in [0.15, 0.2) is 0 Å². The number of ether oxygens (including phenoxy) is 1. The molecule has 0 aliphatic heterocycles. The summed E-state index contributed by atoms with van der Waals surface area (Å²) in [5, 5.41) is 5.24. The fourth-order valence-electron chi connectivity index (χ4n) is 3.24. The molecule has 0 aliphatic carbocycles. The first-order chi connectivity index (χ1) is 10.0. The lowest BCUT2D eigenvalue weighted by atomic mass is 9.97. The molecule has 3 rings (SSSR count). The Hall–Kier alpha value is -1.64. The minimum absolute atomic E-state index is 0.202. The number of fused-ring (bicyclic) bond motifs is 2. The zero-order chi connectivity index (χ0) is 15.0. The van der Waals surface area contributed by atoms with E-state index in [4.69, 9.17) is 4.74 Å². The standard InChI is InChI=1S/C19H22OSi/c1-20-19(21(2,3)4)18-16-11-7-5-9-14(16)13-15-10-6-8-12-17(15)18/h5-13,19H,1-4H3. The van der Waals surface area contributed by atoms with Gasteiger partial charge in [0, 0.05) is 7.11 Å². The molecule has 0 aromatic heterocycles. The molecule has 0 spiro atoms. The third-order valence-electron chi connectivity index (χ3n) is 4.10. The fourth-order valence-corrected chi connectivity index (χ4v) is 5.12. The number of hydrogen-bond acceptors (Lipinski definition) is 1. The van der Waals surface area contributed by atoms with Crippen molar-refractivity contribution in [2.75, 3.05) is 7.11 Å². The Bertz CT molecular complexity index is 732. The number of hydrogen-bond donors (Lipinski definition) is 0. The van der Waals surface area contributed by atoms with E-state index in [1.807, 2.05) is 7.11 Å². The van der Waals surface area contributed by atoms with Gasteiger partial charge in [0.25, 0.3) is 0 Å². The summed E-state index contributed by atoms with van der Waals surface area (Å²) in [6.07, 6.45) is 0. The predicted molar refractivity (Wildman–Crippen MR) is 94.6 cm³/mol. The van der Waals surface area contributed by atoms with Crippen molar-refractivity contribution in [2.24, 2.45) is 0 Å². The van der Waals surface area contributed by atoms with Gasteiger partial charge in [0.1, 0.15) is 0 Å². The van der Waals surface area contributed by atoms with E-state index >= 15 is 0 Å². The molecule has 0 amide bonds. The topological polar surface area (TPSA) is 9.23 Å². The van der Waals surface area contributed by atoms with Crippen LogP contribution >= 0.6 is 0 Å².